The van der Waals surface area contributed by atoms with Crippen LogP contribution in [0.4, 0.5) is 26.3 Å². The van der Waals surface area contributed by atoms with Gasteiger partial charge in [-0.1, -0.05) is 0 Å². The maximum Gasteiger partial charge on any atom is 0.573 e. The lowest BCUT2D eigenvalue weighted by atomic mass is 10.2. The fourth-order valence-electron chi connectivity index (χ4n) is 1.13. The van der Waals surface area contributed by atoms with E-state index in [0.29, 0.717) is 6.20 Å². The molecule has 0 saturated heterocycles. The highest BCUT2D eigenvalue weighted by Crippen LogP contribution is 2.40. The number of pyridine rings is 1. The third-order valence-electron chi connectivity index (χ3n) is 1.80. The molecule has 0 bridgehead atoms. The first-order valence-corrected chi connectivity index (χ1v) is 5.51. The van der Waals surface area contributed by atoms with Crippen LogP contribution in [0.3, 0.4) is 0 Å². The molecule has 0 unspecified atom stereocenters. The van der Waals surface area contributed by atoms with E-state index in [4.69, 9.17) is 5.26 Å². The van der Waals surface area contributed by atoms with Gasteiger partial charge in [0.05, 0.1) is 16.1 Å². The van der Waals surface area contributed by atoms with Crippen molar-refractivity contribution >= 4 is 22.6 Å². The van der Waals surface area contributed by atoms with Gasteiger partial charge in [0, 0.05) is 11.8 Å². The fraction of sp³-hybridized carbons (Fsp3) is 0.333. The molecule has 1 rings (SSSR count). The summed E-state index contributed by atoms with van der Waals surface area (Å²) in [6.07, 6.45) is -10.0. The lowest BCUT2D eigenvalue weighted by Crippen LogP contribution is -2.22. The summed E-state index contributed by atoms with van der Waals surface area (Å²) in [6, 6.07) is 1.61. The zero-order valence-corrected chi connectivity index (χ0v) is 10.9. The topological polar surface area (TPSA) is 45.9 Å². The summed E-state index contributed by atoms with van der Waals surface area (Å²) < 4.78 is 76.9. The largest absolute Gasteiger partial charge is 0.573 e. The van der Waals surface area contributed by atoms with Gasteiger partial charge in [-0.15, -0.1) is 13.2 Å². The SMILES string of the molecule is N#CCc1cnc(C(F)(F)F)c(OC(F)(F)F)c1I. The summed E-state index contributed by atoms with van der Waals surface area (Å²) in [4.78, 5) is 2.91. The first-order valence-electron chi connectivity index (χ1n) is 4.43. The lowest BCUT2D eigenvalue weighted by Gasteiger charge is -2.17. The van der Waals surface area contributed by atoms with E-state index < -0.39 is 27.6 Å². The summed E-state index contributed by atoms with van der Waals surface area (Å²) in [7, 11) is 0. The smallest absolute Gasteiger partial charge is 0.402 e. The Bertz CT molecular complexity index is 519. The highest BCUT2D eigenvalue weighted by Gasteiger charge is 2.42. The number of aromatic nitrogens is 1. The normalized spacial score (nSPS) is 12.1. The van der Waals surface area contributed by atoms with Crippen LogP contribution in [0.5, 0.6) is 5.75 Å². The van der Waals surface area contributed by atoms with Crippen LogP contribution in [0.25, 0.3) is 0 Å². The van der Waals surface area contributed by atoms with Crippen LogP contribution in [0.1, 0.15) is 11.3 Å². The second-order valence-electron chi connectivity index (χ2n) is 3.16. The van der Waals surface area contributed by atoms with Crippen molar-refractivity contribution in [3.63, 3.8) is 0 Å². The molecule has 0 aliphatic rings. The van der Waals surface area contributed by atoms with Crippen molar-refractivity contribution in [2.45, 2.75) is 19.0 Å². The molecule has 104 valence electrons. The molecule has 19 heavy (non-hydrogen) atoms. The predicted molar refractivity (Wildman–Crippen MR) is 58.0 cm³/mol. The van der Waals surface area contributed by atoms with Gasteiger partial charge in [-0.25, -0.2) is 4.98 Å². The molecule has 0 aromatic carbocycles. The number of nitriles is 1. The Morgan fingerprint density at radius 2 is 1.84 bits per heavy atom. The van der Waals surface area contributed by atoms with Crippen LogP contribution in [-0.2, 0) is 12.6 Å². The van der Waals surface area contributed by atoms with Crippen LogP contribution in [0, 0.1) is 14.9 Å². The van der Waals surface area contributed by atoms with Gasteiger partial charge in [-0.2, -0.15) is 18.4 Å². The van der Waals surface area contributed by atoms with Gasteiger partial charge in [0.25, 0.3) is 0 Å². The molecule has 0 amide bonds. The Hall–Kier alpha value is -1.25. The Balaban J connectivity index is 3.43. The molecular formula is C9H3F6IN2O. The minimum atomic E-state index is -5.28. The summed E-state index contributed by atoms with van der Waals surface area (Å²) in [5.74, 6) is -1.44. The van der Waals surface area contributed by atoms with Crippen molar-refractivity contribution in [1.29, 1.82) is 5.26 Å². The van der Waals surface area contributed by atoms with Crippen LogP contribution in [0.15, 0.2) is 6.20 Å². The fourth-order valence-corrected chi connectivity index (χ4v) is 1.82. The molecule has 1 aromatic heterocycles. The Morgan fingerprint density at radius 3 is 2.26 bits per heavy atom. The van der Waals surface area contributed by atoms with E-state index in [0.717, 1.165) is 0 Å². The zero-order chi connectivity index (χ0) is 14.8. The van der Waals surface area contributed by atoms with E-state index in [1.54, 1.807) is 6.07 Å². The second kappa shape index (κ2) is 5.40. The van der Waals surface area contributed by atoms with Crippen molar-refractivity contribution in [3.8, 4) is 11.8 Å². The number of hydrogen-bond donors (Lipinski definition) is 0. The number of alkyl halides is 6. The molecule has 0 atom stereocenters. The number of nitrogens with zero attached hydrogens (tertiary/aromatic N) is 2. The number of hydrogen-bond acceptors (Lipinski definition) is 3. The van der Waals surface area contributed by atoms with E-state index in [1.807, 2.05) is 0 Å². The minimum Gasteiger partial charge on any atom is -0.402 e. The van der Waals surface area contributed by atoms with Crippen molar-refractivity contribution in [1.82, 2.24) is 4.98 Å². The number of ether oxygens (including phenoxy) is 1. The summed E-state index contributed by atoms with van der Waals surface area (Å²) in [5.41, 5.74) is -1.86. The van der Waals surface area contributed by atoms with Gasteiger partial charge in [-0.05, 0) is 22.6 Å². The van der Waals surface area contributed by atoms with Crippen molar-refractivity contribution in [2.75, 3.05) is 0 Å². The molecular weight excluding hydrogens is 393 g/mol. The third-order valence-corrected chi connectivity index (χ3v) is 2.98. The monoisotopic (exact) mass is 396 g/mol. The van der Waals surface area contributed by atoms with E-state index in [1.165, 1.54) is 22.6 Å². The molecule has 0 fully saturated rings. The van der Waals surface area contributed by atoms with Gasteiger partial charge in [0.15, 0.2) is 11.4 Å². The van der Waals surface area contributed by atoms with E-state index in [9.17, 15) is 26.3 Å². The summed E-state index contributed by atoms with van der Waals surface area (Å²) >= 11 is 1.25. The molecule has 0 aliphatic heterocycles. The molecule has 0 saturated carbocycles. The Labute approximate surface area is 116 Å². The molecule has 0 aliphatic carbocycles. The molecule has 0 spiro atoms. The van der Waals surface area contributed by atoms with Crippen molar-refractivity contribution in [3.05, 3.63) is 21.0 Å². The highest BCUT2D eigenvalue weighted by molar-refractivity contribution is 14.1. The minimum absolute atomic E-state index is 0.0738. The maximum atomic E-state index is 12.5. The Kier molecular flexibility index (Phi) is 4.49. The Morgan fingerprint density at radius 1 is 1.26 bits per heavy atom. The van der Waals surface area contributed by atoms with Gasteiger partial charge in [-0.3, -0.25) is 0 Å². The van der Waals surface area contributed by atoms with Crippen LogP contribution in [-0.4, -0.2) is 11.3 Å². The van der Waals surface area contributed by atoms with Gasteiger partial charge in [0.1, 0.15) is 0 Å². The van der Waals surface area contributed by atoms with Crippen LogP contribution < -0.4 is 4.74 Å². The molecule has 1 heterocycles. The molecule has 0 radical (unpaired) electrons. The lowest BCUT2D eigenvalue weighted by molar-refractivity contribution is -0.276. The zero-order valence-electron chi connectivity index (χ0n) is 8.73. The first kappa shape index (κ1) is 15.8. The van der Waals surface area contributed by atoms with Crippen LogP contribution in [0.2, 0.25) is 0 Å². The van der Waals surface area contributed by atoms with Crippen molar-refractivity contribution in [2.24, 2.45) is 0 Å². The third kappa shape index (κ3) is 4.12. The molecule has 1 aromatic rings. The summed E-state index contributed by atoms with van der Waals surface area (Å²) in [6.45, 7) is 0. The quantitative estimate of drug-likeness (QED) is 0.567. The van der Waals surface area contributed by atoms with Crippen LogP contribution >= 0.6 is 22.6 Å². The average molecular weight is 396 g/mol. The highest BCUT2D eigenvalue weighted by atomic mass is 127. The predicted octanol–water partition coefficient (Wildman–Crippen LogP) is 3.67. The number of rotatable bonds is 2. The van der Waals surface area contributed by atoms with E-state index >= 15 is 0 Å². The van der Waals surface area contributed by atoms with Crippen molar-refractivity contribution < 1.29 is 31.1 Å². The molecule has 10 heteroatoms. The summed E-state index contributed by atoms with van der Waals surface area (Å²) in [5, 5.41) is 8.43. The molecule has 3 nitrogen and oxygen atoms in total. The van der Waals surface area contributed by atoms with Gasteiger partial charge in [0.2, 0.25) is 0 Å². The maximum absolute atomic E-state index is 12.5. The van der Waals surface area contributed by atoms with E-state index in [2.05, 4.69) is 9.72 Å². The molecule has 0 N–H and O–H groups in total. The standard InChI is InChI=1S/C9H3F6IN2O/c10-8(11,12)7-6(19-9(13,14)15)5(16)4(1-2-17)3-18-7/h3H,1H2. The van der Waals surface area contributed by atoms with E-state index in [-0.39, 0.29) is 12.0 Å². The average Bonchev–Trinajstić information content (AvgIpc) is 2.20. The van der Waals surface area contributed by atoms with Gasteiger partial charge >= 0.3 is 12.5 Å². The second-order valence-corrected chi connectivity index (χ2v) is 4.23. The first-order chi connectivity index (χ1) is 8.56. The number of halogens is 7. The van der Waals surface area contributed by atoms with Gasteiger partial charge < -0.3 is 4.74 Å².